The zero-order valence-electron chi connectivity index (χ0n) is 10.3. The van der Waals surface area contributed by atoms with Crippen LogP contribution in [-0.2, 0) is 0 Å². The second-order valence-electron chi connectivity index (χ2n) is 4.34. The molecule has 1 heterocycles. The number of benzene rings is 1. The highest BCUT2D eigenvalue weighted by Crippen LogP contribution is 2.33. The molecule has 2 rings (SSSR count). The Morgan fingerprint density at radius 1 is 1.24 bits per heavy atom. The first-order valence-corrected chi connectivity index (χ1v) is 6.77. The fraction of sp³-hybridized carbons (Fsp3) is 0.286. The summed E-state index contributed by atoms with van der Waals surface area (Å²) in [6, 6.07) is 8.02. The van der Waals surface area contributed by atoms with E-state index in [0.29, 0.717) is 0 Å². The minimum atomic E-state index is -0.0765. The summed E-state index contributed by atoms with van der Waals surface area (Å²) in [5.74, 6) is 0. The van der Waals surface area contributed by atoms with Gasteiger partial charge < -0.3 is 5.73 Å². The summed E-state index contributed by atoms with van der Waals surface area (Å²) in [7, 11) is 0. The molecule has 1 aromatic heterocycles. The van der Waals surface area contributed by atoms with Crippen molar-refractivity contribution in [3.63, 3.8) is 0 Å². The van der Waals surface area contributed by atoms with Gasteiger partial charge in [0.25, 0.3) is 0 Å². The third-order valence-corrected chi connectivity index (χ3v) is 4.65. The molecule has 0 saturated heterocycles. The van der Waals surface area contributed by atoms with Crippen LogP contribution in [0.15, 0.2) is 24.3 Å². The van der Waals surface area contributed by atoms with E-state index in [1.807, 2.05) is 19.1 Å². The summed E-state index contributed by atoms with van der Waals surface area (Å²) in [5, 5.41) is 0.781. The molecule has 0 aliphatic rings. The summed E-state index contributed by atoms with van der Waals surface area (Å²) < 4.78 is 0. The van der Waals surface area contributed by atoms with E-state index in [4.69, 9.17) is 17.3 Å². The summed E-state index contributed by atoms with van der Waals surface area (Å²) >= 11 is 7.90. The molecule has 0 fully saturated rings. The van der Waals surface area contributed by atoms with Crippen molar-refractivity contribution in [2.24, 2.45) is 5.73 Å². The van der Waals surface area contributed by atoms with Crippen LogP contribution in [0.4, 0.5) is 0 Å². The molecule has 2 aromatic rings. The molecule has 0 saturated carbocycles. The van der Waals surface area contributed by atoms with E-state index >= 15 is 0 Å². The minimum Gasteiger partial charge on any atom is -0.320 e. The minimum absolute atomic E-state index is 0.0765. The Morgan fingerprint density at radius 2 is 1.94 bits per heavy atom. The standard InChI is InChI=1S/C14H16ClNS/c1-8-7-9(2)17-14(8)13(16)11-5-4-6-12(15)10(11)3/h4-7,13H,16H2,1-3H3. The maximum Gasteiger partial charge on any atom is 0.0651 e. The number of halogens is 1. The summed E-state index contributed by atoms with van der Waals surface area (Å²) in [6.07, 6.45) is 0. The summed E-state index contributed by atoms with van der Waals surface area (Å²) in [4.78, 5) is 2.53. The van der Waals surface area contributed by atoms with Crippen LogP contribution < -0.4 is 5.73 Å². The Morgan fingerprint density at radius 3 is 2.53 bits per heavy atom. The van der Waals surface area contributed by atoms with Gasteiger partial charge in [0.15, 0.2) is 0 Å². The lowest BCUT2D eigenvalue weighted by Crippen LogP contribution is -2.12. The zero-order valence-corrected chi connectivity index (χ0v) is 11.8. The van der Waals surface area contributed by atoms with Crippen molar-refractivity contribution in [2.75, 3.05) is 0 Å². The monoisotopic (exact) mass is 265 g/mol. The molecule has 1 nitrogen and oxygen atoms in total. The summed E-state index contributed by atoms with van der Waals surface area (Å²) in [5.41, 5.74) is 9.80. The normalized spacial score (nSPS) is 12.8. The molecular weight excluding hydrogens is 250 g/mol. The van der Waals surface area contributed by atoms with Crippen molar-refractivity contribution in [1.82, 2.24) is 0 Å². The van der Waals surface area contributed by atoms with Crippen LogP contribution in [0, 0.1) is 20.8 Å². The number of rotatable bonds is 2. The van der Waals surface area contributed by atoms with Crippen molar-refractivity contribution in [3.8, 4) is 0 Å². The van der Waals surface area contributed by atoms with Crippen LogP contribution in [0.3, 0.4) is 0 Å². The molecule has 0 amide bonds. The SMILES string of the molecule is Cc1cc(C)c(C(N)c2cccc(Cl)c2C)s1. The Labute approximate surface area is 111 Å². The first-order valence-electron chi connectivity index (χ1n) is 5.58. The summed E-state index contributed by atoms with van der Waals surface area (Å²) in [6.45, 7) is 6.24. The van der Waals surface area contributed by atoms with Crippen molar-refractivity contribution in [1.29, 1.82) is 0 Å². The van der Waals surface area contributed by atoms with Gasteiger partial charge in [-0.2, -0.15) is 0 Å². The highest BCUT2D eigenvalue weighted by atomic mass is 35.5. The quantitative estimate of drug-likeness (QED) is 0.857. The van der Waals surface area contributed by atoms with Crippen LogP contribution in [-0.4, -0.2) is 0 Å². The third-order valence-electron chi connectivity index (χ3n) is 3.01. The molecule has 3 heteroatoms. The fourth-order valence-corrected chi connectivity index (χ4v) is 3.31. The second-order valence-corrected chi connectivity index (χ2v) is 6.03. The predicted molar refractivity (Wildman–Crippen MR) is 76.0 cm³/mol. The first-order chi connectivity index (χ1) is 8.00. The molecule has 2 N–H and O–H groups in total. The van der Waals surface area contributed by atoms with E-state index in [1.54, 1.807) is 11.3 Å². The maximum atomic E-state index is 6.35. The molecule has 0 bridgehead atoms. The Kier molecular flexibility index (Phi) is 3.57. The molecule has 1 aromatic carbocycles. The lowest BCUT2D eigenvalue weighted by Gasteiger charge is -2.15. The van der Waals surface area contributed by atoms with Crippen LogP contribution in [0.5, 0.6) is 0 Å². The van der Waals surface area contributed by atoms with Gasteiger partial charge in [-0.1, -0.05) is 23.7 Å². The molecule has 0 aliphatic carbocycles. The number of aryl methyl sites for hydroxylation is 2. The lowest BCUT2D eigenvalue weighted by molar-refractivity contribution is 0.875. The number of thiophene rings is 1. The van der Waals surface area contributed by atoms with Crippen LogP contribution in [0.2, 0.25) is 5.02 Å². The van der Waals surface area contributed by atoms with E-state index < -0.39 is 0 Å². The molecule has 0 spiro atoms. The van der Waals surface area contributed by atoms with E-state index in [2.05, 4.69) is 26.0 Å². The van der Waals surface area contributed by atoms with Gasteiger partial charge in [-0.15, -0.1) is 11.3 Å². The third kappa shape index (κ3) is 2.39. The zero-order chi connectivity index (χ0) is 12.6. The predicted octanol–water partition coefficient (Wildman–Crippen LogP) is 4.37. The molecular formula is C14H16ClNS. The smallest absolute Gasteiger partial charge is 0.0651 e. The average Bonchev–Trinajstić information content (AvgIpc) is 2.61. The largest absolute Gasteiger partial charge is 0.320 e. The molecule has 0 aliphatic heterocycles. The van der Waals surface area contributed by atoms with Crippen molar-refractivity contribution in [2.45, 2.75) is 26.8 Å². The maximum absolute atomic E-state index is 6.35. The Bertz CT molecular complexity index is 545. The van der Waals surface area contributed by atoms with Gasteiger partial charge in [-0.05, 0) is 49.6 Å². The molecule has 0 radical (unpaired) electrons. The topological polar surface area (TPSA) is 26.0 Å². The van der Waals surface area contributed by atoms with Gasteiger partial charge in [-0.25, -0.2) is 0 Å². The number of hydrogen-bond donors (Lipinski definition) is 1. The van der Waals surface area contributed by atoms with Gasteiger partial charge >= 0.3 is 0 Å². The highest BCUT2D eigenvalue weighted by Gasteiger charge is 2.16. The van der Waals surface area contributed by atoms with Gasteiger partial charge in [0.05, 0.1) is 6.04 Å². The van der Waals surface area contributed by atoms with Crippen molar-refractivity contribution < 1.29 is 0 Å². The van der Waals surface area contributed by atoms with E-state index in [-0.39, 0.29) is 6.04 Å². The van der Waals surface area contributed by atoms with Gasteiger partial charge in [0.2, 0.25) is 0 Å². The number of nitrogens with two attached hydrogens (primary N) is 1. The average molecular weight is 266 g/mol. The first kappa shape index (κ1) is 12.6. The Balaban J connectivity index is 2.47. The highest BCUT2D eigenvalue weighted by molar-refractivity contribution is 7.12. The van der Waals surface area contributed by atoms with Crippen LogP contribution in [0.1, 0.15) is 32.5 Å². The molecule has 1 atom stereocenters. The van der Waals surface area contributed by atoms with Crippen LogP contribution >= 0.6 is 22.9 Å². The van der Waals surface area contributed by atoms with Gasteiger partial charge in [-0.3, -0.25) is 0 Å². The molecule has 90 valence electrons. The fourth-order valence-electron chi connectivity index (χ4n) is 2.07. The molecule has 17 heavy (non-hydrogen) atoms. The number of hydrogen-bond acceptors (Lipinski definition) is 2. The van der Waals surface area contributed by atoms with Crippen molar-refractivity contribution in [3.05, 3.63) is 55.7 Å². The second kappa shape index (κ2) is 4.81. The van der Waals surface area contributed by atoms with E-state index in [9.17, 15) is 0 Å². The Hall–Kier alpha value is -0.830. The molecule has 1 unspecified atom stereocenters. The van der Waals surface area contributed by atoms with Gasteiger partial charge in [0, 0.05) is 14.8 Å². The van der Waals surface area contributed by atoms with Crippen LogP contribution in [0.25, 0.3) is 0 Å². The van der Waals surface area contributed by atoms with Gasteiger partial charge in [0.1, 0.15) is 0 Å². The van der Waals surface area contributed by atoms with E-state index in [0.717, 1.165) is 16.1 Å². The van der Waals surface area contributed by atoms with Crippen molar-refractivity contribution >= 4 is 22.9 Å². The van der Waals surface area contributed by atoms with E-state index in [1.165, 1.54) is 15.3 Å². The lowest BCUT2D eigenvalue weighted by atomic mass is 9.99.